The number of thiazole rings is 1. The number of aromatic nitrogens is 1. The van der Waals surface area contributed by atoms with Gasteiger partial charge in [0, 0.05) is 18.1 Å². The van der Waals surface area contributed by atoms with E-state index in [0.717, 1.165) is 5.56 Å². The Labute approximate surface area is 170 Å². The Morgan fingerprint density at radius 2 is 2.24 bits per heavy atom. The number of rotatable bonds is 4. The molecule has 0 saturated carbocycles. The summed E-state index contributed by atoms with van der Waals surface area (Å²) in [6, 6.07) is 5.67. The lowest BCUT2D eigenvalue weighted by Crippen LogP contribution is -2.41. The zero-order valence-electron chi connectivity index (χ0n) is 15.2. The van der Waals surface area contributed by atoms with Crippen molar-refractivity contribution in [2.45, 2.75) is 18.2 Å². The molecule has 2 fully saturated rings. The maximum atomic E-state index is 13.3. The number of ether oxygens (including phenoxy) is 3. The van der Waals surface area contributed by atoms with Gasteiger partial charge in [-0.3, -0.25) is 9.59 Å². The Bertz CT molecular complexity index is 1040. The van der Waals surface area contributed by atoms with E-state index in [9.17, 15) is 9.59 Å². The highest BCUT2D eigenvalue weighted by Crippen LogP contribution is 2.52. The molecule has 0 aliphatic carbocycles. The summed E-state index contributed by atoms with van der Waals surface area (Å²) in [5.41, 5.74) is 0.212. The largest absolute Gasteiger partial charge is 0.454 e. The van der Waals surface area contributed by atoms with Crippen molar-refractivity contribution in [3.8, 4) is 11.5 Å². The summed E-state index contributed by atoms with van der Waals surface area (Å²) >= 11 is 1.35. The molecule has 6 rings (SSSR count). The number of anilines is 1. The maximum absolute atomic E-state index is 13.3. The van der Waals surface area contributed by atoms with Crippen LogP contribution in [-0.2, 0) is 20.9 Å². The third kappa shape index (κ3) is 2.50. The number of hydrogen-bond acceptors (Lipinski definition) is 7. The van der Waals surface area contributed by atoms with Crippen molar-refractivity contribution in [1.29, 1.82) is 0 Å². The number of nitrogens with zero attached hydrogens (tertiary/aromatic N) is 2. The van der Waals surface area contributed by atoms with Crippen LogP contribution in [0.2, 0.25) is 0 Å². The summed E-state index contributed by atoms with van der Waals surface area (Å²) in [4.78, 5) is 32.1. The minimum absolute atomic E-state index is 0.0613. The highest BCUT2D eigenvalue weighted by molar-refractivity contribution is 7.13. The normalized spacial score (nSPS) is 30.8. The average molecular weight is 411 g/mol. The van der Waals surface area contributed by atoms with Gasteiger partial charge in [-0.25, -0.2) is 4.98 Å². The molecule has 2 bridgehead atoms. The number of fused-ring (bicyclic) bond motifs is 2. The minimum atomic E-state index is -0.733. The van der Waals surface area contributed by atoms with Crippen LogP contribution in [0.15, 0.2) is 41.9 Å². The van der Waals surface area contributed by atoms with Gasteiger partial charge in [0.05, 0.1) is 24.5 Å². The van der Waals surface area contributed by atoms with Crippen molar-refractivity contribution in [2.24, 2.45) is 11.8 Å². The first-order valence-electron chi connectivity index (χ1n) is 9.38. The van der Waals surface area contributed by atoms with Crippen LogP contribution in [0.25, 0.3) is 0 Å². The van der Waals surface area contributed by atoms with Gasteiger partial charge in [-0.15, -0.1) is 11.3 Å². The monoisotopic (exact) mass is 411 g/mol. The number of nitrogens with one attached hydrogen (secondary N) is 1. The van der Waals surface area contributed by atoms with E-state index in [1.54, 1.807) is 16.5 Å². The zero-order valence-corrected chi connectivity index (χ0v) is 16.1. The quantitative estimate of drug-likeness (QED) is 0.772. The van der Waals surface area contributed by atoms with E-state index in [-0.39, 0.29) is 24.7 Å². The third-order valence-corrected chi connectivity index (χ3v) is 6.64. The van der Waals surface area contributed by atoms with Gasteiger partial charge in [-0.2, -0.15) is 0 Å². The summed E-state index contributed by atoms with van der Waals surface area (Å²) < 4.78 is 16.9. The first-order chi connectivity index (χ1) is 14.1. The van der Waals surface area contributed by atoms with E-state index in [4.69, 9.17) is 14.2 Å². The maximum Gasteiger partial charge on any atom is 0.233 e. The molecule has 1 N–H and O–H groups in total. The van der Waals surface area contributed by atoms with Gasteiger partial charge < -0.3 is 24.4 Å². The molecule has 4 atom stereocenters. The smallest absolute Gasteiger partial charge is 0.233 e. The van der Waals surface area contributed by atoms with Crippen LogP contribution in [0.5, 0.6) is 11.5 Å². The number of benzene rings is 1. The minimum Gasteiger partial charge on any atom is -0.454 e. The number of hydrogen-bond donors (Lipinski definition) is 1. The van der Waals surface area contributed by atoms with Crippen molar-refractivity contribution in [3.05, 3.63) is 47.5 Å². The van der Waals surface area contributed by atoms with Crippen molar-refractivity contribution < 1.29 is 23.8 Å². The van der Waals surface area contributed by atoms with Crippen LogP contribution in [0.1, 0.15) is 5.56 Å². The molecule has 1 aromatic carbocycles. The number of likely N-dealkylation sites (tertiary alicyclic amines) is 1. The van der Waals surface area contributed by atoms with Crippen LogP contribution < -0.4 is 14.8 Å². The molecule has 2 aromatic rings. The fourth-order valence-electron chi connectivity index (χ4n) is 4.75. The van der Waals surface area contributed by atoms with Gasteiger partial charge in [0.2, 0.25) is 18.6 Å². The Morgan fingerprint density at radius 3 is 3.10 bits per heavy atom. The Kier molecular flexibility index (Phi) is 3.54. The molecule has 8 nitrogen and oxygen atoms in total. The lowest BCUT2D eigenvalue weighted by molar-refractivity contribution is -0.136. The lowest BCUT2D eigenvalue weighted by Gasteiger charge is -2.23. The summed E-state index contributed by atoms with van der Waals surface area (Å²) in [6.45, 7) is 1.07. The molecule has 29 heavy (non-hydrogen) atoms. The first kappa shape index (κ1) is 17.0. The predicted molar refractivity (Wildman–Crippen MR) is 102 cm³/mol. The molecule has 4 aliphatic heterocycles. The second kappa shape index (κ2) is 6.04. The number of amides is 2. The Morgan fingerprint density at radius 1 is 1.34 bits per heavy atom. The van der Waals surface area contributed by atoms with E-state index in [1.165, 1.54) is 11.3 Å². The van der Waals surface area contributed by atoms with E-state index in [0.29, 0.717) is 29.7 Å². The molecule has 1 spiro atoms. The Hall–Kier alpha value is -2.91. The highest BCUT2D eigenvalue weighted by Gasteiger charge is 2.66. The van der Waals surface area contributed by atoms with Crippen molar-refractivity contribution in [2.75, 3.05) is 18.7 Å². The van der Waals surface area contributed by atoms with Gasteiger partial charge in [-0.05, 0) is 17.7 Å². The zero-order chi connectivity index (χ0) is 19.6. The number of carbonyl (C=O) groups excluding carboxylic acids is 2. The average Bonchev–Trinajstić information content (AvgIpc) is 3.50. The molecular weight excluding hydrogens is 394 g/mol. The summed E-state index contributed by atoms with van der Waals surface area (Å²) in [5.74, 6) is 0.0314. The van der Waals surface area contributed by atoms with E-state index in [1.807, 2.05) is 30.4 Å². The molecule has 4 aliphatic rings. The lowest BCUT2D eigenvalue weighted by atomic mass is 9.77. The van der Waals surface area contributed by atoms with Gasteiger partial charge >= 0.3 is 0 Å². The van der Waals surface area contributed by atoms with Crippen molar-refractivity contribution in [1.82, 2.24) is 9.88 Å². The van der Waals surface area contributed by atoms with Crippen LogP contribution in [0.4, 0.5) is 5.13 Å². The fourth-order valence-corrected chi connectivity index (χ4v) is 5.28. The molecule has 0 radical (unpaired) electrons. The van der Waals surface area contributed by atoms with E-state index < -0.39 is 17.4 Å². The molecule has 9 heteroatoms. The standard InChI is InChI=1S/C20H17N3O5S/c24-17(22-19-21-5-6-29-19)15-13-3-4-20(28-13)9-23(18(25)16(15)20)8-11-1-2-12-14(7-11)27-10-26-12/h1-7,13,15-16H,8-10H2,(H,21,22,24)/t13-,15-,16-,20-/m1/s1. The van der Waals surface area contributed by atoms with Crippen LogP contribution >= 0.6 is 11.3 Å². The first-order valence-corrected chi connectivity index (χ1v) is 10.3. The van der Waals surface area contributed by atoms with Crippen molar-refractivity contribution in [3.63, 3.8) is 0 Å². The summed E-state index contributed by atoms with van der Waals surface area (Å²) in [5, 5.41) is 5.14. The molecule has 2 saturated heterocycles. The summed E-state index contributed by atoms with van der Waals surface area (Å²) in [6.07, 6.45) is 5.11. The molecular formula is C20H17N3O5S. The van der Waals surface area contributed by atoms with E-state index in [2.05, 4.69) is 10.3 Å². The summed E-state index contributed by atoms with van der Waals surface area (Å²) in [7, 11) is 0. The second-order valence-electron chi connectivity index (χ2n) is 7.61. The third-order valence-electron chi connectivity index (χ3n) is 5.95. The fraction of sp³-hybridized carbons (Fsp3) is 0.350. The van der Waals surface area contributed by atoms with Gasteiger partial charge in [0.25, 0.3) is 0 Å². The molecule has 5 heterocycles. The van der Waals surface area contributed by atoms with Crippen molar-refractivity contribution >= 4 is 28.3 Å². The van der Waals surface area contributed by atoms with E-state index >= 15 is 0 Å². The van der Waals surface area contributed by atoms with Gasteiger partial charge in [0.1, 0.15) is 5.60 Å². The number of carbonyl (C=O) groups is 2. The molecule has 2 amide bonds. The Balaban J connectivity index is 1.25. The topological polar surface area (TPSA) is 90.0 Å². The molecule has 148 valence electrons. The molecule has 0 unspecified atom stereocenters. The van der Waals surface area contributed by atoms with Crippen LogP contribution in [-0.4, -0.2) is 46.7 Å². The predicted octanol–water partition coefficient (Wildman–Crippen LogP) is 1.79. The van der Waals surface area contributed by atoms with Gasteiger partial charge in [0.15, 0.2) is 16.6 Å². The SMILES string of the molecule is O=C(Nc1nccs1)[C@@H]1[C@H]2C=C[C@]3(CN(Cc4ccc5c(c4)OCO5)C(=O)[C@@H]13)O2. The molecule has 1 aromatic heterocycles. The van der Waals surface area contributed by atoms with Crippen LogP contribution in [0.3, 0.4) is 0 Å². The van der Waals surface area contributed by atoms with Gasteiger partial charge in [-0.1, -0.05) is 18.2 Å². The highest BCUT2D eigenvalue weighted by atomic mass is 32.1. The second-order valence-corrected chi connectivity index (χ2v) is 8.50. The van der Waals surface area contributed by atoms with Crippen LogP contribution in [0, 0.1) is 11.8 Å².